The van der Waals surface area contributed by atoms with Crippen molar-refractivity contribution in [2.75, 3.05) is 31.1 Å². The Labute approximate surface area is 179 Å². The van der Waals surface area contributed by atoms with Gasteiger partial charge in [-0.15, -0.1) is 10.2 Å². The normalized spacial score (nSPS) is 17.8. The lowest BCUT2D eigenvalue weighted by atomic mass is 10.1. The molecule has 9 nitrogen and oxygen atoms in total. The number of carbonyl (C=O) groups is 1. The SMILES string of the molecule is CC(=O)c1ccc(N2CCN(S(=O)(=O)c3ccc(-c4nnc(C5CC5)o4)o3)CC2)cc1. The van der Waals surface area contributed by atoms with E-state index in [0.717, 1.165) is 18.5 Å². The van der Waals surface area contributed by atoms with E-state index in [0.29, 0.717) is 43.6 Å². The number of carbonyl (C=O) groups excluding carboxylic acids is 1. The maximum Gasteiger partial charge on any atom is 0.283 e. The lowest BCUT2D eigenvalue weighted by molar-refractivity contribution is 0.101. The van der Waals surface area contributed by atoms with Gasteiger partial charge in [-0.05, 0) is 56.2 Å². The molecule has 1 aliphatic heterocycles. The first kappa shape index (κ1) is 20.0. The molecule has 162 valence electrons. The van der Waals surface area contributed by atoms with Crippen LogP contribution in [0.25, 0.3) is 11.7 Å². The maximum atomic E-state index is 13.0. The number of piperazine rings is 1. The summed E-state index contributed by atoms with van der Waals surface area (Å²) in [5.74, 6) is 1.35. The van der Waals surface area contributed by atoms with Gasteiger partial charge in [-0.25, -0.2) is 8.42 Å². The van der Waals surface area contributed by atoms with Crippen molar-refractivity contribution in [3.63, 3.8) is 0 Å². The van der Waals surface area contributed by atoms with Crippen molar-refractivity contribution in [2.24, 2.45) is 0 Å². The van der Waals surface area contributed by atoms with E-state index < -0.39 is 10.0 Å². The van der Waals surface area contributed by atoms with Gasteiger partial charge < -0.3 is 13.7 Å². The van der Waals surface area contributed by atoms with E-state index in [1.54, 1.807) is 18.2 Å². The van der Waals surface area contributed by atoms with E-state index in [1.807, 2.05) is 12.1 Å². The van der Waals surface area contributed by atoms with Gasteiger partial charge >= 0.3 is 0 Å². The smallest absolute Gasteiger partial charge is 0.283 e. The molecule has 2 fully saturated rings. The van der Waals surface area contributed by atoms with Crippen LogP contribution in [0.3, 0.4) is 0 Å². The molecule has 1 saturated heterocycles. The first-order chi connectivity index (χ1) is 14.9. The Morgan fingerprint density at radius 2 is 1.68 bits per heavy atom. The van der Waals surface area contributed by atoms with E-state index >= 15 is 0 Å². The number of furan rings is 1. The lowest BCUT2D eigenvalue weighted by Crippen LogP contribution is -2.48. The van der Waals surface area contributed by atoms with Crippen LogP contribution in [0, 0.1) is 0 Å². The van der Waals surface area contributed by atoms with Gasteiger partial charge in [0.05, 0.1) is 0 Å². The van der Waals surface area contributed by atoms with Crippen LogP contribution in [0.4, 0.5) is 5.69 Å². The Morgan fingerprint density at radius 3 is 2.32 bits per heavy atom. The first-order valence-corrected chi connectivity index (χ1v) is 11.7. The number of nitrogens with zero attached hydrogens (tertiary/aromatic N) is 4. The molecule has 0 bridgehead atoms. The summed E-state index contributed by atoms with van der Waals surface area (Å²) < 4.78 is 38.6. The van der Waals surface area contributed by atoms with E-state index in [1.165, 1.54) is 17.3 Å². The Morgan fingerprint density at radius 1 is 0.968 bits per heavy atom. The van der Waals surface area contributed by atoms with Crippen LogP contribution in [0.2, 0.25) is 0 Å². The zero-order valence-corrected chi connectivity index (χ0v) is 17.8. The fourth-order valence-corrected chi connectivity index (χ4v) is 4.96. The van der Waals surface area contributed by atoms with Crippen LogP contribution in [0.5, 0.6) is 0 Å². The average Bonchev–Trinajstić information content (AvgIpc) is 3.29. The second kappa shape index (κ2) is 7.61. The average molecular weight is 442 g/mol. The molecular formula is C21H22N4O5S. The van der Waals surface area contributed by atoms with E-state index in [9.17, 15) is 13.2 Å². The van der Waals surface area contributed by atoms with Crippen LogP contribution >= 0.6 is 0 Å². The van der Waals surface area contributed by atoms with Crippen molar-refractivity contribution in [2.45, 2.75) is 30.8 Å². The maximum absolute atomic E-state index is 13.0. The van der Waals surface area contributed by atoms with Gasteiger partial charge in [-0.1, -0.05) is 0 Å². The van der Waals surface area contributed by atoms with Crippen LogP contribution < -0.4 is 4.90 Å². The minimum absolute atomic E-state index is 0.0181. The molecule has 10 heteroatoms. The van der Waals surface area contributed by atoms with Crippen molar-refractivity contribution in [1.82, 2.24) is 14.5 Å². The molecule has 5 rings (SSSR count). The van der Waals surface area contributed by atoms with Gasteiger partial charge in [0.25, 0.3) is 15.9 Å². The minimum atomic E-state index is -3.76. The van der Waals surface area contributed by atoms with E-state index in [-0.39, 0.29) is 22.5 Å². The minimum Gasteiger partial charge on any atom is -0.438 e. The van der Waals surface area contributed by atoms with Gasteiger partial charge in [0.15, 0.2) is 11.5 Å². The number of aromatic nitrogens is 2. The molecular weight excluding hydrogens is 420 g/mol. The molecule has 1 saturated carbocycles. The molecule has 0 amide bonds. The number of ketones is 1. The fourth-order valence-electron chi connectivity index (χ4n) is 3.62. The second-order valence-electron chi connectivity index (χ2n) is 7.83. The monoisotopic (exact) mass is 442 g/mol. The van der Waals surface area contributed by atoms with Gasteiger partial charge in [-0.3, -0.25) is 4.79 Å². The number of anilines is 1. The van der Waals surface area contributed by atoms with Crippen molar-refractivity contribution in [3.05, 3.63) is 47.9 Å². The zero-order chi connectivity index (χ0) is 21.6. The summed E-state index contributed by atoms with van der Waals surface area (Å²) in [5.41, 5.74) is 1.62. The van der Waals surface area contributed by atoms with E-state index in [4.69, 9.17) is 8.83 Å². The van der Waals surface area contributed by atoms with Gasteiger partial charge in [0, 0.05) is 43.3 Å². The molecule has 0 N–H and O–H groups in total. The highest BCUT2D eigenvalue weighted by Crippen LogP contribution is 2.40. The largest absolute Gasteiger partial charge is 0.438 e. The van der Waals surface area contributed by atoms with E-state index in [2.05, 4.69) is 15.1 Å². The highest BCUT2D eigenvalue weighted by Gasteiger charge is 2.33. The Kier molecular flexibility index (Phi) is 4.90. The molecule has 3 heterocycles. The van der Waals surface area contributed by atoms with Crippen molar-refractivity contribution in [1.29, 1.82) is 0 Å². The predicted molar refractivity (Wildman–Crippen MR) is 111 cm³/mol. The summed E-state index contributed by atoms with van der Waals surface area (Å²) in [7, 11) is -3.76. The first-order valence-electron chi connectivity index (χ1n) is 10.2. The van der Waals surface area contributed by atoms with Crippen LogP contribution in [-0.4, -0.2) is 54.9 Å². The number of benzene rings is 1. The predicted octanol–water partition coefficient (Wildman–Crippen LogP) is 2.92. The standard InChI is InChI=1S/C21H22N4O5S/c1-14(26)15-4-6-17(7-5-15)24-10-12-25(13-11-24)31(27,28)19-9-8-18(29-19)21-23-22-20(30-21)16-2-3-16/h4-9,16H,2-3,10-13H2,1H3. The summed E-state index contributed by atoms with van der Waals surface area (Å²) >= 11 is 0. The zero-order valence-electron chi connectivity index (χ0n) is 17.0. The molecule has 1 aliphatic carbocycles. The second-order valence-corrected chi connectivity index (χ2v) is 9.70. The number of Topliss-reactive ketones (excluding diaryl/α,β-unsaturated/α-hetero) is 1. The van der Waals surface area contributed by atoms with Crippen LogP contribution in [0.15, 0.2) is 50.3 Å². The number of sulfonamides is 1. The summed E-state index contributed by atoms with van der Waals surface area (Å²) in [4.78, 5) is 13.5. The van der Waals surface area contributed by atoms with Crippen molar-refractivity contribution < 1.29 is 22.0 Å². The molecule has 2 aromatic heterocycles. The van der Waals surface area contributed by atoms with Crippen molar-refractivity contribution in [3.8, 4) is 11.7 Å². The molecule has 0 atom stereocenters. The topological polar surface area (TPSA) is 110 Å². The van der Waals surface area contributed by atoms with Gasteiger partial charge in [0.2, 0.25) is 11.0 Å². The molecule has 3 aromatic rings. The number of hydrogen-bond donors (Lipinski definition) is 0. The summed E-state index contributed by atoms with van der Waals surface area (Å²) in [6.45, 7) is 3.28. The van der Waals surface area contributed by atoms with Crippen LogP contribution in [-0.2, 0) is 10.0 Å². The molecule has 2 aliphatic rings. The number of rotatable bonds is 6. The molecule has 31 heavy (non-hydrogen) atoms. The third-order valence-electron chi connectivity index (χ3n) is 5.63. The Hall–Kier alpha value is -2.98. The highest BCUT2D eigenvalue weighted by molar-refractivity contribution is 7.89. The highest BCUT2D eigenvalue weighted by atomic mass is 32.2. The van der Waals surface area contributed by atoms with Gasteiger partial charge in [0.1, 0.15) is 0 Å². The fraction of sp³-hybridized carbons (Fsp3) is 0.381. The van der Waals surface area contributed by atoms with Gasteiger partial charge in [-0.2, -0.15) is 4.31 Å². The molecule has 0 unspecified atom stereocenters. The van der Waals surface area contributed by atoms with Crippen LogP contribution in [0.1, 0.15) is 41.9 Å². The quantitative estimate of drug-likeness (QED) is 0.536. The molecule has 1 aromatic carbocycles. The third-order valence-corrected chi connectivity index (χ3v) is 7.40. The number of hydrogen-bond acceptors (Lipinski definition) is 8. The summed E-state index contributed by atoms with van der Waals surface area (Å²) in [5, 5.41) is 7.85. The summed E-state index contributed by atoms with van der Waals surface area (Å²) in [6, 6.07) is 10.3. The van der Waals surface area contributed by atoms with Crippen molar-refractivity contribution >= 4 is 21.5 Å². The lowest BCUT2D eigenvalue weighted by Gasteiger charge is -2.34. The molecule has 0 radical (unpaired) electrons. The Bertz CT molecular complexity index is 1200. The Balaban J connectivity index is 1.26. The third kappa shape index (κ3) is 3.88. The molecule has 0 spiro atoms. The summed E-state index contributed by atoms with van der Waals surface area (Å²) in [6.07, 6.45) is 2.07.